The SMILES string of the molecule is CC(C)C(=O)O[C@@H]1CCOC1. The summed E-state index contributed by atoms with van der Waals surface area (Å²) in [5.74, 6) is -0.156. The Balaban J connectivity index is 2.24. The molecule has 11 heavy (non-hydrogen) atoms. The summed E-state index contributed by atoms with van der Waals surface area (Å²) in [6.07, 6.45) is 0.850. The molecule has 0 amide bonds. The molecule has 1 aliphatic heterocycles. The quantitative estimate of drug-likeness (QED) is 0.562. The third kappa shape index (κ3) is 2.50. The molecular formula is C8H14O3. The number of carbonyl (C=O) groups is 1. The molecule has 1 aliphatic rings. The van der Waals surface area contributed by atoms with E-state index in [2.05, 4.69) is 0 Å². The van der Waals surface area contributed by atoms with E-state index in [0.717, 1.165) is 13.0 Å². The van der Waals surface area contributed by atoms with Gasteiger partial charge in [0.05, 0.1) is 19.1 Å². The first kappa shape index (κ1) is 8.53. The lowest BCUT2D eigenvalue weighted by atomic mass is 10.2. The molecule has 3 heteroatoms. The van der Waals surface area contributed by atoms with Crippen molar-refractivity contribution in [2.45, 2.75) is 26.4 Å². The van der Waals surface area contributed by atoms with Gasteiger partial charge >= 0.3 is 5.97 Å². The van der Waals surface area contributed by atoms with E-state index in [0.29, 0.717) is 6.61 Å². The van der Waals surface area contributed by atoms with Gasteiger partial charge < -0.3 is 9.47 Å². The van der Waals surface area contributed by atoms with Gasteiger partial charge in [0.2, 0.25) is 0 Å². The Morgan fingerprint density at radius 2 is 2.36 bits per heavy atom. The van der Waals surface area contributed by atoms with Crippen molar-refractivity contribution in [2.24, 2.45) is 5.92 Å². The first-order chi connectivity index (χ1) is 5.20. The van der Waals surface area contributed by atoms with Crippen molar-refractivity contribution in [2.75, 3.05) is 13.2 Å². The van der Waals surface area contributed by atoms with Gasteiger partial charge in [-0.25, -0.2) is 0 Å². The summed E-state index contributed by atoms with van der Waals surface area (Å²) >= 11 is 0. The molecule has 1 rings (SSSR count). The van der Waals surface area contributed by atoms with Gasteiger partial charge in [0.1, 0.15) is 6.10 Å². The zero-order chi connectivity index (χ0) is 8.27. The molecule has 0 saturated carbocycles. The van der Waals surface area contributed by atoms with Crippen molar-refractivity contribution in [1.29, 1.82) is 0 Å². The lowest BCUT2D eigenvalue weighted by Crippen LogP contribution is -2.21. The Morgan fingerprint density at radius 1 is 1.64 bits per heavy atom. The highest BCUT2D eigenvalue weighted by atomic mass is 16.6. The highest BCUT2D eigenvalue weighted by Gasteiger charge is 2.20. The fraction of sp³-hybridized carbons (Fsp3) is 0.875. The van der Waals surface area contributed by atoms with Gasteiger partial charge in [-0.2, -0.15) is 0 Å². The Morgan fingerprint density at radius 3 is 2.82 bits per heavy atom. The monoisotopic (exact) mass is 158 g/mol. The van der Waals surface area contributed by atoms with Gasteiger partial charge in [-0.05, 0) is 0 Å². The van der Waals surface area contributed by atoms with E-state index in [4.69, 9.17) is 9.47 Å². The first-order valence-corrected chi connectivity index (χ1v) is 3.98. The second-order valence-corrected chi connectivity index (χ2v) is 3.08. The van der Waals surface area contributed by atoms with E-state index in [1.807, 2.05) is 13.8 Å². The van der Waals surface area contributed by atoms with Crippen LogP contribution in [0.3, 0.4) is 0 Å². The van der Waals surface area contributed by atoms with Crippen LogP contribution >= 0.6 is 0 Å². The van der Waals surface area contributed by atoms with Crippen LogP contribution < -0.4 is 0 Å². The lowest BCUT2D eigenvalue weighted by Gasteiger charge is -2.11. The van der Waals surface area contributed by atoms with E-state index in [-0.39, 0.29) is 18.0 Å². The molecular weight excluding hydrogens is 144 g/mol. The van der Waals surface area contributed by atoms with Crippen molar-refractivity contribution in [1.82, 2.24) is 0 Å². The van der Waals surface area contributed by atoms with E-state index >= 15 is 0 Å². The fourth-order valence-electron chi connectivity index (χ4n) is 0.906. The smallest absolute Gasteiger partial charge is 0.308 e. The second-order valence-electron chi connectivity index (χ2n) is 3.08. The summed E-state index contributed by atoms with van der Waals surface area (Å²) in [5, 5.41) is 0. The fourth-order valence-corrected chi connectivity index (χ4v) is 0.906. The van der Waals surface area contributed by atoms with Crippen LogP contribution in [0, 0.1) is 5.92 Å². The van der Waals surface area contributed by atoms with Crippen LogP contribution in [0.2, 0.25) is 0 Å². The molecule has 0 N–H and O–H groups in total. The summed E-state index contributed by atoms with van der Waals surface area (Å²) in [7, 11) is 0. The predicted octanol–water partition coefficient (Wildman–Crippen LogP) is 0.974. The molecule has 64 valence electrons. The molecule has 0 unspecified atom stereocenters. The number of carbonyl (C=O) groups excluding carboxylic acids is 1. The maximum Gasteiger partial charge on any atom is 0.308 e. The van der Waals surface area contributed by atoms with Crippen LogP contribution in [0.25, 0.3) is 0 Å². The maximum atomic E-state index is 11.0. The zero-order valence-electron chi connectivity index (χ0n) is 7.00. The van der Waals surface area contributed by atoms with Gasteiger partial charge in [0.25, 0.3) is 0 Å². The Labute approximate surface area is 66.7 Å². The predicted molar refractivity (Wildman–Crippen MR) is 40.2 cm³/mol. The number of hydrogen-bond acceptors (Lipinski definition) is 3. The third-order valence-electron chi connectivity index (χ3n) is 1.64. The average molecular weight is 158 g/mol. The zero-order valence-corrected chi connectivity index (χ0v) is 7.00. The molecule has 1 atom stereocenters. The van der Waals surface area contributed by atoms with Gasteiger partial charge in [-0.3, -0.25) is 4.79 Å². The molecule has 0 radical (unpaired) electrons. The van der Waals surface area contributed by atoms with Crippen molar-refractivity contribution >= 4 is 5.97 Å². The molecule has 0 aliphatic carbocycles. The summed E-state index contributed by atoms with van der Waals surface area (Å²) in [4.78, 5) is 11.0. The van der Waals surface area contributed by atoms with Crippen LogP contribution in [0.4, 0.5) is 0 Å². The van der Waals surface area contributed by atoms with Crippen LogP contribution in [-0.2, 0) is 14.3 Å². The van der Waals surface area contributed by atoms with Crippen molar-refractivity contribution in [3.63, 3.8) is 0 Å². The second kappa shape index (κ2) is 3.72. The van der Waals surface area contributed by atoms with Gasteiger partial charge in [0.15, 0.2) is 0 Å². The van der Waals surface area contributed by atoms with Gasteiger partial charge in [-0.1, -0.05) is 13.8 Å². The summed E-state index contributed by atoms with van der Waals surface area (Å²) in [5.41, 5.74) is 0. The van der Waals surface area contributed by atoms with E-state index in [1.54, 1.807) is 0 Å². The normalized spacial score (nSPS) is 24.1. The number of ether oxygens (including phenoxy) is 2. The largest absolute Gasteiger partial charge is 0.460 e. The average Bonchev–Trinajstić information content (AvgIpc) is 2.39. The minimum Gasteiger partial charge on any atom is -0.460 e. The standard InChI is InChI=1S/C8H14O3/c1-6(2)8(9)11-7-3-4-10-5-7/h6-7H,3-5H2,1-2H3/t7-/m1/s1. The minimum atomic E-state index is -0.125. The molecule has 0 aromatic rings. The molecule has 1 saturated heterocycles. The highest BCUT2D eigenvalue weighted by Crippen LogP contribution is 2.10. The Hall–Kier alpha value is -0.570. The molecule has 0 spiro atoms. The summed E-state index contributed by atoms with van der Waals surface area (Å²) in [6.45, 7) is 4.95. The van der Waals surface area contributed by atoms with E-state index in [9.17, 15) is 4.79 Å². The Kier molecular flexibility index (Phi) is 2.88. The van der Waals surface area contributed by atoms with E-state index in [1.165, 1.54) is 0 Å². The van der Waals surface area contributed by atoms with Crippen LogP contribution in [0.1, 0.15) is 20.3 Å². The van der Waals surface area contributed by atoms with Gasteiger partial charge in [0, 0.05) is 6.42 Å². The van der Waals surface area contributed by atoms with Crippen molar-refractivity contribution < 1.29 is 14.3 Å². The Bertz CT molecular complexity index is 136. The van der Waals surface area contributed by atoms with Crippen LogP contribution in [-0.4, -0.2) is 25.3 Å². The van der Waals surface area contributed by atoms with Crippen molar-refractivity contribution in [3.05, 3.63) is 0 Å². The maximum absolute atomic E-state index is 11.0. The highest BCUT2D eigenvalue weighted by molar-refractivity contribution is 5.71. The molecule has 1 fully saturated rings. The molecule has 3 nitrogen and oxygen atoms in total. The lowest BCUT2D eigenvalue weighted by molar-refractivity contribution is -0.152. The van der Waals surface area contributed by atoms with Gasteiger partial charge in [-0.15, -0.1) is 0 Å². The summed E-state index contributed by atoms with van der Waals surface area (Å²) < 4.78 is 10.2. The minimum absolute atomic E-state index is 0.00454. The van der Waals surface area contributed by atoms with E-state index < -0.39 is 0 Å². The number of esters is 1. The van der Waals surface area contributed by atoms with Crippen LogP contribution in [0.5, 0.6) is 0 Å². The number of rotatable bonds is 2. The van der Waals surface area contributed by atoms with Crippen molar-refractivity contribution in [3.8, 4) is 0 Å². The molecule has 0 bridgehead atoms. The molecule has 1 heterocycles. The number of hydrogen-bond donors (Lipinski definition) is 0. The first-order valence-electron chi connectivity index (χ1n) is 3.98. The summed E-state index contributed by atoms with van der Waals surface area (Å²) in [6, 6.07) is 0. The third-order valence-corrected chi connectivity index (χ3v) is 1.64. The van der Waals surface area contributed by atoms with Crippen LogP contribution in [0.15, 0.2) is 0 Å². The molecule has 0 aromatic heterocycles. The molecule has 0 aromatic carbocycles. The topological polar surface area (TPSA) is 35.5 Å².